The van der Waals surface area contributed by atoms with Crippen molar-refractivity contribution in [1.82, 2.24) is 9.62 Å². The summed E-state index contributed by atoms with van der Waals surface area (Å²) in [5, 5.41) is 3.12. The SMILES string of the molecule is C[C@H]1CN(S(=O)(=O)c2c(F)cc(F)cc2F)C[C@H](C)N1. The largest absolute Gasteiger partial charge is 0.309 e. The molecule has 2 atom stereocenters. The minimum atomic E-state index is -4.33. The van der Waals surface area contributed by atoms with Gasteiger partial charge in [0.15, 0.2) is 4.90 Å². The topological polar surface area (TPSA) is 49.4 Å². The van der Waals surface area contributed by atoms with Gasteiger partial charge in [-0.05, 0) is 13.8 Å². The van der Waals surface area contributed by atoms with Crippen LogP contribution in [0.25, 0.3) is 0 Å². The monoisotopic (exact) mass is 308 g/mol. The molecule has 0 unspecified atom stereocenters. The van der Waals surface area contributed by atoms with Crippen LogP contribution >= 0.6 is 0 Å². The smallest absolute Gasteiger partial charge is 0.249 e. The van der Waals surface area contributed by atoms with Crippen molar-refractivity contribution in [2.45, 2.75) is 30.8 Å². The highest BCUT2D eigenvalue weighted by Crippen LogP contribution is 2.25. The maximum absolute atomic E-state index is 13.7. The van der Waals surface area contributed by atoms with E-state index in [1.807, 2.05) is 0 Å². The summed E-state index contributed by atoms with van der Waals surface area (Å²) in [6.07, 6.45) is 0. The molecular weight excluding hydrogens is 293 g/mol. The lowest BCUT2D eigenvalue weighted by atomic mass is 10.2. The van der Waals surface area contributed by atoms with E-state index in [0.29, 0.717) is 12.1 Å². The molecule has 0 spiro atoms. The Kier molecular flexibility index (Phi) is 4.08. The minimum absolute atomic E-state index is 0.100. The maximum Gasteiger partial charge on any atom is 0.249 e. The molecule has 1 heterocycles. The highest BCUT2D eigenvalue weighted by Gasteiger charge is 2.35. The van der Waals surface area contributed by atoms with E-state index in [1.165, 1.54) is 0 Å². The highest BCUT2D eigenvalue weighted by molar-refractivity contribution is 7.89. The van der Waals surface area contributed by atoms with Crippen molar-refractivity contribution in [2.75, 3.05) is 13.1 Å². The van der Waals surface area contributed by atoms with E-state index < -0.39 is 32.4 Å². The van der Waals surface area contributed by atoms with Crippen molar-refractivity contribution < 1.29 is 21.6 Å². The Morgan fingerprint density at radius 1 is 1.10 bits per heavy atom. The van der Waals surface area contributed by atoms with Crippen LogP contribution in [0.2, 0.25) is 0 Å². The number of nitrogens with one attached hydrogen (secondary N) is 1. The highest BCUT2D eigenvalue weighted by atomic mass is 32.2. The van der Waals surface area contributed by atoms with Gasteiger partial charge in [0, 0.05) is 37.3 Å². The van der Waals surface area contributed by atoms with E-state index >= 15 is 0 Å². The van der Waals surface area contributed by atoms with Crippen molar-refractivity contribution in [3.05, 3.63) is 29.6 Å². The zero-order valence-corrected chi connectivity index (χ0v) is 11.8. The third-order valence-corrected chi connectivity index (χ3v) is 4.97. The van der Waals surface area contributed by atoms with Crippen molar-refractivity contribution in [3.8, 4) is 0 Å². The lowest BCUT2D eigenvalue weighted by molar-refractivity contribution is 0.261. The zero-order valence-electron chi connectivity index (χ0n) is 11.0. The number of hydrogen-bond acceptors (Lipinski definition) is 3. The van der Waals surface area contributed by atoms with E-state index in [1.54, 1.807) is 13.8 Å². The third-order valence-electron chi connectivity index (χ3n) is 3.08. The number of hydrogen-bond donors (Lipinski definition) is 1. The normalized spacial score (nSPS) is 24.9. The molecular formula is C12H15F3N2O2S. The summed E-state index contributed by atoms with van der Waals surface area (Å²) in [5.41, 5.74) is 0. The first kappa shape index (κ1) is 15.3. The van der Waals surface area contributed by atoms with Crippen molar-refractivity contribution in [2.24, 2.45) is 0 Å². The Balaban J connectivity index is 2.45. The molecule has 2 rings (SSSR count). The number of halogens is 3. The molecule has 20 heavy (non-hydrogen) atoms. The molecule has 1 aromatic carbocycles. The second-order valence-corrected chi connectivity index (χ2v) is 6.86. The van der Waals surface area contributed by atoms with Crippen molar-refractivity contribution >= 4 is 10.0 Å². The molecule has 1 N–H and O–H groups in total. The predicted octanol–water partition coefficient (Wildman–Crippen LogP) is 1.47. The van der Waals surface area contributed by atoms with Gasteiger partial charge in [-0.1, -0.05) is 0 Å². The van der Waals surface area contributed by atoms with Gasteiger partial charge < -0.3 is 5.32 Å². The molecule has 8 heteroatoms. The molecule has 0 aliphatic carbocycles. The van der Waals surface area contributed by atoms with Gasteiger partial charge >= 0.3 is 0 Å². The van der Waals surface area contributed by atoms with Crippen LogP contribution < -0.4 is 5.32 Å². The minimum Gasteiger partial charge on any atom is -0.309 e. The molecule has 1 saturated heterocycles. The van der Waals surface area contributed by atoms with E-state index in [-0.39, 0.29) is 25.2 Å². The van der Waals surface area contributed by atoms with E-state index in [0.717, 1.165) is 4.31 Å². The second-order valence-electron chi connectivity index (χ2n) is 4.99. The Bertz CT molecular complexity index is 588. The van der Waals surface area contributed by atoms with Crippen LogP contribution in [-0.2, 0) is 10.0 Å². The fraction of sp³-hybridized carbons (Fsp3) is 0.500. The second kappa shape index (κ2) is 5.34. The predicted molar refractivity (Wildman–Crippen MR) is 67.1 cm³/mol. The molecule has 0 saturated carbocycles. The van der Waals surface area contributed by atoms with Crippen LogP contribution in [0.3, 0.4) is 0 Å². The van der Waals surface area contributed by atoms with Crippen molar-refractivity contribution in [3.63, 3.8) is 0 Å². The van der Waals surface area contributed by atoms with Gasteiger partial charge in [-0.2, -0.15) is 4.31 Å². The van der Waals surface area contributed by atoms with Crippen LogP contribution in [0.4, 0.5) is 13.2 Å². The van der Waals surface area contributed by atoms with Gasteiger partial charge in [0.1, 0.15) is 17.5 Å². The Morgan fingerprint density at radius 2 is 1.55 bits per heavy atom. The van der Waals surface area contributed by atoms with E-state index in [9.17, 15) is 21.6 Å². The quantitative estimate of drug-likeness (QED) is 0.900. The molecule has 1 fully saturated rings. The Morgan fingerprint density at radius 3 is 2.00 bits per heavy atom. The van der Waals surface area contributed by atoms with Crippen molar-refractivity contribution in [1.29, 1.82) is 0 Å². The van der Waals surface area contributed by atoms with Gasteiger partial charge in [-0.15, -0.1) is 0 Å². The summed E-state index contributed by atoms with van der Waals surface area (Å²) in [5.74, 6) is -3.98. The van der Waals surface area contributed by atoms with E-state index in [2.05, 4.69) is 5.32 Å². The first-order valence-electron chi connectivity index (χ1n) is 6.12. The standard InChI is InChI=1S/C12H15F3N2O2S/c1-7-5-17(6-8(2)16-7)20(18,19)12-10(14)3-9(13)4-11(12)15/h3-4,7-8,16H,5-6H2,1-2H3/t7-,8-/m0/s1. The molecule has 0 bridgehead atoms. The Hall–Kier alpha value is -1.12. The zero-order chi connectivity index (χ0) is 15.1. The van der Waals surface area contributed by atoms with Gasteiger partial charge in [0.25, 0.3) is 0 Å². The fourth-order valence-electron chi connectivity index (χ4n) is 2.38. The molecule has 1 aromatic rings. The summed E-state index contributed by atoms with van der Waals surface area (Å²) < 4.78 is 65.8. The van der Waals surface area contributed by atoms with Crippen LogP contribution in [0.1, 0.15) is 13.8 Å². The lowest BCUT2D eigenvalue weighted by Gasteiger charge is -2.35. The summed E-state index contributed by atoms with van der Waals surface area (Å²) in [6.45, 7) is 3.75. The molecule has 0 amide bonds. The van der Waals surface area contributed by atoms with Gasteiger partial charge in [0.2, 0.25) is 10.0 Å². The number of sulfonamides is 1. The fourth-order valence-corrected chi connectivity index (χ4v) is 4.09. The average molecular weight is 308 g/mol. The summed E-state index contributed by atoms with van der Waals surface area (Å²) in [6, 6.07) is 0.455. The summed E-state index contributed by atoms with van der Waals surface area (Å²) in [7, 11) is -4.33. The van der Waals surface area contributed by atoms with Crippen LogP contribution in [0.15, 0.2) is 17.0 Å². The van der Waals surface area contributed by atoms with Crippen LogP contribution in [0, 0.1) is 17.5 Å². The number of rotatable bonds is 2. The molecule has 0 radical (unpaired) electrons. The third kappa shape index (κ3) is 2.82. The van der Waals surface area contributed by atoms with E-state index in [4.69, 9.17) is 0 Å². The van der Waals surface area contributed by atoms with Crippen LogP contribution in [0.5, 0.6) is 0 Å². The average Bonchev–Trinajstić information content (AvgIpc) is 2.25. The maximum atomic E-state index is 13.7. The number of nitrogens with zero attached hydrogens (tertiary/aromatic N) is 1. The first-order valence-corrected chi connectivity index (χ1v) is 7.56. The Labute approximate surface area is 115 Å². The summed E-state index contributed by atoms with van der Waals surface area (Å²) in [4.78, 5) is -1.10. The van der Waals surface area contributed by atoms with Gasteiger partial charge in [0.05, 0.1) is 0 Å². The molecule has 112 valence electrons. The van der Waals surface area contributed by atoms with Crippen LogP contribution in [-0.4, -0.2) is 37.9 Å². The first-order chi connectivity index (χ1) is 9.21. The molecule has 0 aromatic heterocycles. The van der Waals surface area contributed by atoms with Gasteiger partial charge in [-0.3, -0.25) is 0 Å². The lowest BCUT2D eigenvalue weighted by Crippen LogP contribution is -2.55. The number of benzene rings is 1. The molecule has 1 aliphatic rings. The molecule has 1 aliphatic heterocycles. The number of piperazine rings is 1. The molecule has 4 nitrogen and oxygen atoms in total. The van der Waals surface area contributed by atoms with Gasteiger partial charge in [-0.25, -0.2) is 21.6 Å². The summed E-state index contributed by atoms with van der Waals surface area (Å²) >= 11 is 0.